The fourth-order valence-electron chi connectivity index (χ4n) is 2.73. The topological polar surface area (TPSA) is 75.9 Å². The highest BCUT2D eigenvalue weighted by atomic mass is 16.6. The summed E-state index contributed by atoms with van der Waals surface area (Å²) in [5.74, 6) is 0.137. The SMILES string of the molecule is CC(C)CN(C)C(=O)c1cc([N+](=O)[O-])ccc1N1CCOCC1. The van der Waals surface area contributed by atoms with Crippen LogP contribution in [0.1, 0.15) is 24.2 Å². The number of hydrogen-bond acceptors (Lipinski definition) is 5. The van der Waals surface area contributed by atoms with Crippen molar-refractivity contribution in [1.82, 2.24) is 4.90 Å². The molecule has 1 aromatic rings. The molecule has 2 rings (SSSR count). The van der Waals surface area contributed by atoms with Crippen molar-refractivity contribution in [3.8, 4) is 0 Å². The van der Waals surface area contributed by atoms with Gasteiger partial charge in [0.05, 0.1) is 29.4 Å². The number of morpholine rings is 1. The lowest BCUT2D eigenvalue weighted by Gasteiger charge is -2.31. The Morgan fingerprint density at radius 2 is 2.04 bits per heavy atom. The molecule has 23 heavy (non-hydrogen) atoms. The number of nitro groups is 1. The predicted molar refractivity (Wildman–Crippen MR) is 87.9 cm³/mol. The van der Waals surface area contributed by atoms with Crippen molar-refractivity contribution in [2.75, 3.05) is 44.8 Å². The van der Waals surface area contributed by atoms with Crippen LogP contribution in [-0.2, 0) is 4.74 Å². The Kier molecular flexibility index (Phi) is 5.54. The summed E-state index contributed by atoms with van der Waals surface area (Å²) in [5, 5.41) is 11.1. The first kappa shape index (κ1) is 17.2. The smallest absolute Gasteiger partial charge is 0.270 e. The molecule has 0 saturated carbocycles. The van der Waals surface area contributed by atoms with Gasteiger partial charge in [0.2, 0.25) is 0 Å². The molecule has 0 aromatic heterocycles. The Morgan fingerprint density at radius 3 is 2.61 bits per heavy atom. The van der Waals surface area contributed by atoms with E-state index in [1.54, 1.807) is 18.0 Å². The number of ether oxygens (including phenoxy) is 1. The number of carbonyl (C=O) groups is 1. The van der Waals surface area contributed by atoms with E-state index in [1.807, 2.05) is 18.7 Å². The first-order chi connectivity index (χ1) is 10.9. The first-order valence-electron chi connectivity index (χ1n) is 7.76. The summed E-state index contributed by atoms with van der Waals surface area (Å²) in [6.45, 7) is 7.18. The van der Waals surface area contributed by atoms with Crippen molar-refractivity contribution < 1.29 is 14.5 Å². The number of benzene rings is 1. The van der Waals surface area contributed by atoms with Gasteiger partial charge >= 0.3 is 0 Å². The predicted octanol–water partition coefficient (Wildman–Crippen LogP) is 2.16. The van der Waals surface area contributed by atoms with Crippen LogP contribution in [0.4, 0.5) is 11.4 Å². The van der Waals surface area contributed by atoms with E-state index in [2.05, 4.69) is 0 Å². The first-order valence-corrected chi connectivity index (χ1v) is 7.76. The number of amides is 1. The molecule has 0 radical (unpaired) electrons. The van der Waals surface area contributed by atoms with Crippen LogP contribution in [0.15, 0.2) is 18.2 Å². The van der Waals surface area contributed by atoms with E-state index >= 15 is 0 Å². The summed E-state index contributed by atoms with van der Waals surface area (Å²) in [5.41, 5.74) is 1.05. The Morgan fingerprint density at radius 1 is 1.39 bits per heavy atom. The maximum atomic E-state index is 12.8. The van der Waals surface area contributed by atoms with Gasteiger partial charge in [0, 0.05) is 38.8 Å². The van der Waals surface area contributed by atoms with Gasteiger partial charge in [-0.15, -0.1) is 0 Å². The number of nitro benzene ring substituents is 1. The molecule has 0 N–H and O–H groups in total. The second-order valence-electron chi connectivity index (χ2n) is 6.14. The zero-order valence-corrected chi connectivity index (χ0v) is 13.8. The van der Waals surface area contributed by atoms with Crippen LogP contribution in [0.3, 0.4) is 0 Å². The number of rotatable bonds is 5. The van der Waals surface area contributed by atoms with Crippen LogP contribution >= 0.6 is 0 Å². The molecular formula is C16H23N3O4. The van der Waals surface area contributed by atoms with Gasteiger partial charge in [0.1, 0.15) is 0 Å². The quantitative estimate of drug-likeness (QED) is 0.613. The highest BCUT2D eigenvalue weighted by molar-refractivity contribution is 6.00. The highest BCUT2D eigenvalue weighted by Gasteiger charge is 2.24. The number of carbonyl (C=O) groups excluding carboxylic acids is 1. The largest absolute Gasteiger partial charge is 0.378 e. The van der Waals surface area contributed by atoms with Gasteiger partial charge in [-0.1, -0.05) is 13.8 Å². The molecular weight excluding hydrogens is 298 g/mol. The average molecular weight is 321 g/mol. The van der Waals surface area contributed by atoms with Crippen molar-refractivity contribution in [2.45, 2.75) is 13.8 Å². The molecule has 126 valence electrons. The van der Waals surface area contributed by atoms with E-state index in [9.17, 15) is 14.9 Å². The van der Waals surface area contributed by atoms with Crippen molar-refractivity contribution in [3.63, 3.8) is 0 Å². The molecule has 0 spiro atoms. The molecule has 1 heterocycles. The molecule has 0 unspecified atom stereocenters. The molecule has 0 aliphatic carbocycles. The lowest BCUT2D eigenvalue weighted by Crippen LogP contribution is -2.38. The lowest BCUT2D eigenvalue weighted by atomic mass is 10.1. The van der Waals surface area contributed by atoms with Gasteiger partial charge in [-0.25, -0.2) is 0 Å². The lowest BCUT2D eigenvalue weighted by molar-refractivity contribution is -0.384. The Labute approximate surface area is 136 Å². The third-order valence-electron chi connectivity index (χ3n) is 3.76. The van der Waals surface area contributed by atoms with E-state index < -0.39 is 4.92 Å². The van der Waals surface area contributed by atoms with E-state index in [1.165, 1.54) is 12.1 Å². The molecule has 7 nitrogen and oxygen atoms in total. The van der Waals surface area contributed by atoms with E-state index in [0.717, 1.165) is 5.69 Å². The molecule has 1 amide bonds. The van der Waals surface area contributed by atoms with Crippen LogP contribution in [0, 0.1) is 16.0 Å². The second kappa shape index (κ2) is 7.41. The van der Waals surface area contributed by atoms with E-state index in [0.29, 0.717) is 44.3 Å². The zero-order chi connectivity index (χ0) is 17.0. The van der Waals surface area contributed by atoms with Gasteiger partial charge in [-0.05, 0) is 12.0 Å². The van der Waals surface area contributed by atoms with Gasteiger partial charge in [-0.3, -0.25) is 14.9 Å². The number of hydrogen-bond donors (Lipinski definition) is 0. The molecule has 1 saturated heterocycles. The monoisotopic (exact) mass is 321 g/mol. The van der Waals surface area contributed by atoms with Gasteiger partial charge in [-0.2, -0.15) is 0 Å². The van der Waals surface area contributed by atoms with Crippen molar-refractivity contribution in [3.05, 3.63) is 33.9 Å². The van der Waals surface area contributed by atoms with E-state index in [-0.39, 0.29) is 11.6 Å². The molecule has 0 atom stereocenters. The summed E-state index contributed by atoms with van der Waals surface area (Å²) in [4.78, 5) is 27.0. The van der Waals surface area contributed by atoms with Crippen LogP contribution in [0.2, 0.25) is 0 Å². The minimum atomic E-state index is -0.470. The molecule has 0 bridgehead atoms. The number of non-ortho nitro benzene ring substituents is 1. The standard InChI is InChI=1S/C16H23N3O4/c1-12(2)11-17(3)16(20)14-10-13(19(21)22)4-5-15(14)18-6-8-23-9-7-18/h4-5,10,12H,6-9,11H2,1-3H3. The van der Waals surface area contributed by atoms with Crippen LogP contribution in [0.5, 0.6) is 0 Å². The van der Waals surface area contributed by atoms with Crippen LogP contribution < -0.4 is 4.90 Å². The van der Waals surface area contributed by atoms with Crippen molar-refractivity contribution >= 4 is 17.3 Å². The van der Waals surface area contributed by atoms with Gasteiger partial charge < -0.3 is 14.5 Å². The maximum absolute atomic E-state index is 12.8. The molecule has 1 fully saturated rings. The van der Waals surface area contributed by atoms with Crippen LogP contribution in [-0.4, -0.2) is 55.6 Å². The summed E-state index contributed by atoms with van der Waals surface area (Å²) < 4.78 is 5.34. The molecule has 1 aromatic carbocycles. The zero-order valence-electron chi connectivity index (χ0n) is 13.8. The Bertz CT molecular complexity index is 583. The Hall–Kier alpha value is -2.15. The minimum absolute atomic E-state index is 0.0664. The normalized spacial score (nSPS) is 14.9. The molecule has 1 aliphatic rings. The van der Waals surface area contributed by atoms with Gasteiger partial charge in [0.25, 0.3) is 11.6 Å². The fraction of sp³-hybridized carbons (Fsp3) is 0.562. The van der Waals surface area contributed by atoms with Gasteiger partial charge in [0.15, 0.2) is 0 Å². The molecule has 1 aliphatic heterocycles. The fourth-order valence-corrected chi connectivity index (χ4v) is 2.73. The van der Waals surface area contributed by atoms with Crippen molar-refractivity contribution in [1.29, 1.82) is 0 Å². The Balaban J connectivity index is 2.37. The summed E-state index contributed by atoms with van der Waals surface area (Å²) in [6.07, 6.45) is 0. The van der Waals surface area contributed by atoms with Crippen LogP contribution in [0.25, 0.3) is 0 Å². The van der Waals surface area contributed by atoms with Crippen molar-refractivity contribution in [2.24, 2.45) is 5.92 Å². The number of nitrogens with zero attached hydrogens (tertiary/aromatic N) is 3. The summed E-state index contributed by atoms with van der Waals surface area (Å²) in [6, 6.07) is 4.49. The third-order valence-corrected chi connectivity index (χ3v) is 3.76. The average Bonchev–Trinajstić information content (AvgIpc) is 2.53. The minimum Gasteiger partial charge on any atom is -0.378 e. The van der Waals surface area contributed by atoms with E-state index in [4.69, 9.17) is 4.74 Å². The molecule has 7 heteroatoms. The third kappa shape index (κ3) is 4.19. The maximum Gasteiger partial charge on any atom is 0.270 e. The summed E-state index contributed by atoms with van der Waals surface area (Å²) in [7, 11) is 1.73. The summed E-state index contributed by atoms with van der Waals surface area (Å²) >= 11 is 0. The second-order valence-corrected chi connectivity index (χ2v) is 6.14. The highest BCUT2D eigenvalue weighted by Crippen LogP contribution is 2.27. The number of anilines is 1.